The summed E-state index contributed by atoms with van der Waals surface area (Å²) in [6.07, 6.45) is 1.43. The van der Waals surface area contributed by atoms with Gasteiger partial charge >= 0.3 is 5.97 Å². The molecule has 0 unspecified atom stereocenters. The van der Waals surface area contributed by atoms with Crippen LogP contribution in [0, 0.1) is 0 Å². The molecule has 2 heterocycles. The van der Waals surface area contributed by atoms with Gasteiger partial charge in [-0.2, -0.15) is 10.1 Å². The van der Waals surface area contributed by atoms with Crippen molar-refractivity contribution in [1.29, 1.82) is 0 Å². The van der Waals surface area contributed by atoms with Gasteiger partial charge in [-0.1, -0.05) is 6.07 Å². The highest BCUT2D eigenvalue weighted by atomic mass is 16.6. The van der Waals surface area contributed by atoms with Crippen molar-refractivity contribution in [3.63, 3.8) is 0 Å². The van der Waals surface area contributed by atoms with Gasteiger partial charge in [0.05, 0.1) is 26.4 Å². The Kier molecular flexibility index (Phi) is 5.60. The summed E-state index contributed by atoms with van der Waals surface area (Å²) in [4.78, 5) is 17.0. The number of rotatable bonds is 7. The van der Waals surface area contributed by atoms with Gasteiger partial charge in [-0.05, 0) is 24.6 Å². The standard InChI is InChI=1S/C18H22N4O5/c1-11-15(17(23)27-8-7-24-2)16(22-18(21-11)19-10-20-22)12-5-6-13(25-3)14(9-12)26-4/h5-6,9-10,16H,7-8H2,1-4H3,(H,19,20,21)/t16-/m1/s1. The normalized spacial score (nSPS) is 15.8. The number of aromatic nitrogens is 3. The van der Waals surface area contributed by atoms with Crippen LogP contribution in [-0.4, -0.2) is 55.3 Å². The number of carbonyl (C=O) groups is 1. The van der Waals surface area contributed by atoms with Crippen molar-refractivity contribution in [2.75, 3.05) is 39.9 Å². The van der Waals surface area contributed by atoms with Crippen LogP contribution in [0.2, 0.25) is 0 Å². The highest BCUT2D eigenvalue weighted by Gasteiger charge is 2.34. The Bertz CT molecular complexity index is 861. The van der Waals surface area contributed by atoms with Crippen LogP contribution in [0.1, 0.15) is 18.5 Å². The van der Waals surface area contributed by atoms with Crippen molar-refractivity contribution in [1.82, 2.24) is 14.8 Å². The largest absolute Gasteiger partial charge is 0.493 e. The smallest absolute Gasteiger partial charge is 0.338 e. The van der Waals surface area contributed by atoms with Crippen molar-refractivity contribution < 1.29 is 23.7 Å². The first-order chi connectivity index (χ1) is 13.1. The molecule has 27 heavy (non-hydrogen) atoms. The summed E-state index contributed by atoms with van der Waals surface area (Å²) in [7, 11) is 4.68. The van der Waals surface area contributed by atoms with Crippen LogP contribution >= 0.6 is 0 Å². The van der Waals surface area contributed by atoms with E-state index in [0.29, 0.717) is 35.3 Å². The Labute approximate surface area is 156 Å². The molecule has 2 aromatic rings. The number of esters is 1. The van der Waals surface area contributed by atoms with Gasteiger partial charge in [-0.15, -0.1) is 0 Å². The molecule has 1 aromatic heterocycles. The zero-order chi connectivity index (χ0) is 19.4. The maximum Gasteiger partial charge on any atom is 0.338 e. The lowest BCUT2D eigenvalue weighted by atomic mass is 9.95. The zero-order valence-electron chi connectivity index (χ0n) is 15.7. The van der Waals surface area contributed by atoms with Crippen LogP contribution in [0.25, 0.3) is 0 Å². The predicted molar refractivity (Wildman–Crippen MR) is 96.9 cm³/mol. The number of fused-ring (bicyclic) bond motifs is 1. The summed E-state index contributed by atoms with van der Waals surface area (Å²) in [5.41, 5.74) is 1.88. The third-order valence-corrected chi connectivity index (χ3v) is 4.26. The number of benzene rings is 1. The minimum atomic E-state index is -0.515. The number of anilines is 1. The van der Waals surface area contributed by atoms with Crippen molar-refractivity contribution in [3.05, 3.63) is 41.4 Å². The topological polar surface area (TPSA) is 96.7 Å². The van der Waals surface area contributed by atoms with E-state index in [1.165, 1.54) is 6.33 Å². The van der Waals surface area contributed by atoms with Crippen LogP contribution in [0.15, 0.2) is 35.8 Å². The Morgan fingerprint density at radius 1 is 1.19 bits per heavy atom. The Morgan fingerprint density at radius 2 is 1.96 bits per heavy atom. The molecular formula is C18H22N4O5. The molecule has 1 atom stereocenters. The molecule has 0 radical (unpaired) electrons. The molecule has 9 nitrogen and oxygen atoms in total. The molecule has 0 saturated heterocycles. The maximum absolute atomic E-state index is 12.8. The number of hydrogen-bond acceptors (Lipinski definition) is 8. The van der Waals surface area contributed by atoms with Crippen LogP contribution in [0.5, 0.6) is 11.5 Å². The van der Waals surface area contributed by atoms with Crippen LogP contribution < -0.4 is 14.8 Å². The average molecular weight is 374 g/mol. The fourth-order valence-electron chi connectivity index (χ4n) is 2.98. The third-order valence-electron chi connectivity index (χ3n) is 4.26. The number of ether oxygens (including phenoxy) is 4. The van der Waals surface area contributed by atoms with E-state index in [0.717, 1.165) is 5.56 Å². The molecule has 1 aliphatic heterocycles. The Morgan fingerprint density at radius 3 is 2.67 bits per heavy atom. The Balaban J connectivity index is 2.05. The van der Waals surface area contributed by atoms with E-state index in [9.17, 15) is 4.79 Å². The number of allylic oxidation sites excluding steroid dienone is 1. The van der Waals surface area contributed by atoms with Crippen LogP contribution in [0.4, 0.5) is 5.95 Å². The summed E-state index contributed by atoms with van der Waals surface area (Å²) in [5, 5.41) is 7.37. The molecule has 144 valence electrons. The molecule has 0 bridgehead atoms. The van der Waals surface area contributed by atoms with Crippen molar-refractivity contribution >= 4 is 11.9 Å². The van der Waals surface area contributed by atoms with E-state index in [1.54, 1.807) is 39.0 Å². The van der Waals surface area contributed by atoms with Crippen molar-refractivity contribution in [2.45, 2.75) is 13.0 Å². The van der Waals surface area contributed by atoms with Crippen molar-refractivity contribution in [3.8, 4) is 11.5 Å². The molecule has 3 rings (SSSR count). The third kappa shape index (κ3) is 3.59. The molecule has 1 N–H and O–H groups in total. The zero-order valence-corrected chi connectivity index (χ0v) is 15.7. The van der Waals surface area contributed by atoms with Crippen LogP contribution in [0.3, 0.4) is 0 Å². The summed E-state index contributed by atoms with van der Waals surface area (Å²) in [6.45, 7) is 2.29. The van der Waals surface area contributed by atoms with E-state index < -0.39 is 12.0 Å². The van der Waals surface area contributed by atoms with E-state index in [2.05, 4.69) is 15.4 Å². The second kappa shape index (κ2) is 8.09. The van der Waals surface area contributed by atoms with Gasteiger partial charge in [0.1, 0.15) is 19.0 Å². The van der Waals surface area contributed by atoms with E-state index >= 15 is 0 Å². The first kappa shape index (κ1) is 18.7. The summed E-state index contributed by atoms with van der Waals surface area (Å²) >= 11 is 0. The summed E-state index contributed by atoms with van der Waals surface area (Å²) in [5.74, 6) is 1.25. The van der Waals surface area contributed by atoms with Gasteiger partial charge in [0.15, 0.2) is 11.5 Å². The SMILES string of the molecule is COCCOC(=O)C1=C(C)Nc2ncnn2[C@@H]1c1ccc(OC)c(OC)c1. The van der Waals surface area contributed by atoms with Gasteiger partial charge < -0.3 is 24.3 Å². The van der Waals surface area contributed by atoms with Gasteiger partial charge in [-0.25, -0.2) is 9.48 Å². The number of nitrogens with zero attached hydrogens (tertiary/aromatic N) is 3. The van der Waals surface area contributed by atoms with E-state index in [-0.39, 0.29) is 6.61 Å². The average Bonchev–Trinajstić information content (AvgIpc) is 3.14. The highest BCUT2D eigenvalue weighted by Crippen LogP contribution is 2.38. The lowest BCUT2D eigenvalue weighted by Gasteiger charge is -2.28. The summed E-state index contributed by atoms with van der Waals surface area (Å²) < 4.78 is 22.7. The number of nitrogens with one attached hydrogen (secondary N) is 1. The fourth-order valence-corrected chi connectivity index (χ4v) is 2.98. The lowest BCUT2D eigenvalue weighted by Crippen LogP contribution is -2.30. The van der Waals surface area contributed by atoms with Gasteiger partial charge in [0.25, 0.3) is 0 Å². The molecule has 0 fully saturated rings. The van der Waals surface area contributed by atoms with E-state index in [4.69, 9.17) is 18.9 Å². The molecule has 0 amide bonds. The first-order valence-corrected chi connectivity index (χ1v) is 8.36. The molecular weight excluding hydrogens is 352 g/mol. The lowest BCUT2D eigenvalue weighted by molar-refractivity contribution is -0.140. The summed E-state index contributed by atoms with van der Waals surface area (Å²) in [6, 6.07) is 4.95. The molecule has 9 heteroatoms. The second-order valence-electron chi connectivity index (χ2n) is 5.84. The minimum absolute atomic E-state index is 0.162. The number of hydrogen-bond donors (Lipinski definition) is 1. The quantitative estimate of drug-likeness (QED) is 0.579. The van der Waals surface area contributed by atoms with Gasteiger partial charge in [0.2, 0.25) is 5.95 Å². The minimum Gasteiger partial charge on any atom is -0.493 e. The second-order valence-corrected chi connectivity index (χ2v) is 5.84. The number of carbonyl (C=O) groups excluding carboxylic acids is 1. The monoisotopic (exact) mass is 374 g/mol. The highest BCUT2D eigenvalue weighted by molar-refractivity contribution is 5.92. The molecule has 0 saturated carbocycles. The maximum atomic E-state index is 12.8. The molecule has 1 aromatic carbocycles. The van der Waals surface area contributed by atoms with Crippen LogP contribution in [-0.2, 0) is 14.3 Å². The van der Waals surface area contributed by atoms with Gasteiger partial charge in [0, 0.05) is 12.8 Å². The Hall–Kier alpha value is -3.07. The fraction of sp³-hybridized carbons (Fsp3) is 0.389. The predicted octanol–water partition coefficient (Wildman–Crippen LogP) is 1.77. The molecule has 1 aliphatic rings. The molecule has 0 spiro atoms. The number of methoxy groups -OCH3 is 3. The van der Waals surface area contributed by atoms with Crippen molar-refractivity contribution in [2.24, 2.45) is 0 Å². The first-order valence-electron chi connectivity index (χ1n) is 8.36. The molecule has 0 aliphatic carbocycles. The van der Waals surface area contributed by atoms with Gasteiger partial charge in [-0.3, -0.25) is 0 Å². The van der Waals surface area contributed by atoms with E-state index in [1.807, 2.05) is 12.1 Å².